The molecule has 0 amide bonds. The Morgan fingerprint density at radius 3 is 2.74 bits per heavy atom. The number of allylic oxidation sites excluding steroid dienone is 2. The van der Waals surface area contributed by atoms with Gasteiger partial charge in [-0.2, -0.15) is 5.26 Å². The third kappa shape index (κ3) is 2.85. The first-order chi connectivity index (χ1) is 8.95. The fourth-order valence-electron chi connectivity index (χ4n) is 2.10. The van der Waals surface area contributed by atoms with Crippen LogP contribution in [0.15, 0.2) is 5.76 Å². The monoisotopic (exact) mass is 300 g/mol. The predicted octanol–water partition coefficient (Wildman–Crippen LogP) is 2.99. The summed E-state index contributed by atoms with van der Waals surface area (Å²) in [7, 11) is 0. The molecule has 2 rings (SSSR count). The van der Waals surface area contributed by atoms with Crippen LogP contribution in [0.5, 0.6) is 0 Å². The van der Waals surface area contributed by atoms with Crippen molar-refractivity contribution in [2.75, 3.05) is 0 Å². The number of halogens is 2. The quantitative estimate of drug-likeness (QED) is 0.517. The second-order valence-corrected chi connectivity index (χ2v) is 6.33. The summed E-state index contributed by atoms with van der Waals surface area (Å²) in [6.07, 6.45) is 3.99. The van der Waals surface area contributed by atoms with Gasteiger partial charge in [0, 0.05) is 13.0 Å². The van der Waals surface area contributed by atoms with Gasteiger partial charge in [-0.1, -0.05) is 29.6 Å². The van der Waals surface area contributed by atoms with Crippen LogP contribution in [0.4, 0.5) is 0 Å². The van der Waals surface area contributed by atoms with Crippen molar-refractivity contribution < 1.29 is 5.11 Å². The van der Waals surface area contributed by atoms with Crippen molar-refractivity contribution >= 4 is 28.8 Å². The lowest BCUT2D eigenvalue weighted by Crippen LogP contribution is -2.14. The lowest BCUT2D eigenvalue weighted by Gasteiger charge is -2.14. The molecule has 0 aliphatic carbocycles. The summed E-state index contributed by atoms with van der Waals surface area (Å²) in [6.45, 7) is 2.14. The Balaban J connectivity index is 2.52. The zero-order chi connectivity index (χ0) is 14.0. The molecule has 1 aromatic rings. The molecule has 0 unspecified atom stereocenters. The first kappa shape index (κ1) is 14.2. The summed E-state index contributed by atoms with van der Waals surface area (Å²) >= 11 is 11.7. The van der Waals surface area contributed by atoms with Gasteiger partial charge in [0.2, 0.25) is 0 Å². The molecule has 0 bridgehead atoms. The molecule has 1 aromatic heterocycles. The number of rotatable bonds is 2. The molecule has 102 valence electrons. The van der Waals surface area contributed by atoms with Crippen molar-refractivity contribution in [1.82, 2.24) is 14.8 Å². The normalized spacial score (nSPS) is 17.2. The summed E-state index contributed by atoms with van der Waals surface area (Å²) in [5.74, 6) is 0.779. The zero-order valence-electron chi connectivity index (χ0n) is 10.5. The van der Waals surface area contributed by atoms with E-state index in [4.69, 9.17) is 23.2 Å². The number of aliphatic hydroxyl groups excluding tert-OH is 1. The van der Waals surface area contributed by atoms with E-state index in [-0.39, 0.29) is 5.57 Å². The lowest BCUT2D eigenvalue weighted by molar-refractivity contribution is 0.389. The van der Waals surface area contributed by atoms with Crippen molar-refractivity contribution in [3.05, 3.63) is 17.4 Å². The molecule has 5 nitrogen and oxygen atoms in total. The van der Waals surface area contributed by atoms with Gasteiger partial charge in [-0.3, -0.25) is 0 Å². The second kappa shape index (κ2) is 5.40. The van der Waals surface area contributed by atoms with E-state index in [1.165, 1.54) is 6.92 Å². The van der Waals surface area contributed by atoms with E-state index >= 15 is 0 Å². The summed E-state index contributed by atoms with van der Waals surface area (Å²) in [5.41, 5.74) is -0.0202. The third-order valence-corrected chi connectivity index (χ3v) is 3.46. The maximum Gasteiger partial charge on any atom is 0.178 e. The number of hydrogen-bond acceptors (Lipinski definition) is 4. The van der Waals surface area contributed by atoms with Crippen LogP contribution in [0, 0.1) is 11.3 Å². The van der Waals surface area contributed by atoms with Gasteiger partial charge < -0.3 is 9.67 Å². The molecule has 0 fully saturated rings. The highest BCUT2D eigenvalue weighted by Crippen LogP contribution is 2.33. The lowest BCUT2D eigenvalue weighted by atomic mass is 10.2. The summed E-state index contributed by atoms with van der Waals surface area (Å²) in [6, 6.07) is 1.92. The van der Waals surface area contributed by atoms with Gasteiger partial charge in [0.05, 0.1) is 0 Å². The Kier molecular flexibility index (Phi) is 4.02. The average Bonchev–Trinajstić information content (AvgIpc) is 2.59. The van der Waals surface area contributed by atoms with Gasteiger partial charge in [0.1, 0.15) is 23.2 Å². The fraction of sp³-hybridized carbons (Fsp3) is 0.583. The van der Waals surface area contributed by atoms with Crippen molar-refractivity contribution in [1.29, 1.82) is 5.26 Å². The van der Waals surface area contributed by atoms with Crippen LogP contribution < -0.4 is 0 Å². The summed E-state index contributed by atoms with van der Waals surface area (Å²) in [4.78, 5) is 0. The highest BCUT2D eigenvalue weighted by molar-refractivity contribution is 6.50. The van der Waals surface area contributed by atoms with Crippen molar-refractivity contribution in [3.63, 3.8) is 0 Å². The zero-order valence-corrected chi connectivity index (χ0v) is 12.0. The van der Waals surface area contributed by atoms with Gasteiger partial charge in [-0.25, -0.2) is 0 Å². The van der Waals surface area contributed by atoms with Gasteiger partial charge in [-0.05, 0) is 19.8 Å². The van der Waals surface area contributed by atoms with E-state index in [2.05, 4.69) is 10.2 Å². The molecule has 2 heterocycles. The molecule has 7 heteroatoms. The minimum absolute atomic E-state index is 0.0202. The minimum atomic E-state index is -1.53. The molecule has 0 spiro atoms. The van der Waals surface area contributed by atoms with Gasteiger partial charge in [0.25, 0.3) is 0 Å². The van der Waals surface area contributed by atoms with Gasteiger partial charge in [0.15, 0.2) is 10.2 Å². The smallest absolute Gasteiger partial charge is 0.178 e. The predicted molar refractivity (Wildman–Crippen MR) is 72.8 cm³/mol. The Hall–Kier alpha value is -1.25. The van der Waals surface area contributed by atoms with E-state index in [0.29, 0.717) is 5.82 Å². The molecule has 1 N–H and O–H groups in total. The second-order valence-electron chi connectivity index (χ2n) is 4.63. The molecule has 0 aromatic carbocycles. The van der Waals surface area contributed by atoms with Gasteiger partial charge >= 0.3 is 0 Å². The number of alkyl halides is 2. The average molecular weight is 301 g/mol. The number of aromatic nitrogens is 3. The maximum absolute atomic E-state index is 10.0. The largest absolute Gasteiger partial charge is 0.508 e. The first-order valence-corrected chi connectivity index (χ1v) is 6.85. The van der Waals surface area contributed by atoms with Crippen LogP contribution in [-0.4, -0.2) is 24.2 Å². The van der Waals surface area contributed by atoms with E-state index in [9.17, 15) is 10.4 Å². The Morgan fingerprint density at radius 1 is 1.37 bits per heavy atom. The number of hydrogen-bond donors (Lipinski definition) is 1. The number of aliphatic hydroxyl groups is 1. The number of aryl methyl sites for hydroxylation is 1. The van der Waals surface area contributed by atoms with Crippen molar-refractivity contribution in [3.8, 4) is 6.07 Å². The van der Waals surface area contributed by atoms with Crippen molar-refractivity contribution in [2.24, 2.45) is 0 Å². The van der Waals surface area contributed by atoms with Crippen LogP contribution >= 0.6 is 23.2 Å². The van der Waals surface area contributed by atoms with E-state index in [0.717, 1.165) is 38.1 Å². The maximum atomic E-state index is 10.0. The fourth-order valence-corrected chi connectivity index (χ4v) is 2.29. The van der Waals surface area contributed by atoms with E-state index < -0.39 is 10.1 Å². The molecule has 1 aliphatic heterocycles. The first-order valence-electron chi connectivity index (χ1n) is 6.09. The highest BCUT2D eigenvalue weighted by atomic mass is 35.5. The van der Waals surface area contributed by atoms with Crippen LogP contribution in [0.3, 0.4) is 0 Å². The van der Waals surface area contributed by atoms with Crippen LogP contribution in [0.2, 0.25) is 0 Å². The van der Waals surface area contributed by atoms with Crippen LogP contribution in [-0.2, 0) is 13.0 Å². The molecular weight excluding hydrogens is 287 g/mol. The number of nitriles is 1. The summed E-state index contributed by atoms with van der Waals surface area (Å²) < 4.78 is 0.337. The van der Waals surface area contributed by atoms with Crippen LogP contribution in [0.1, 0.15) is 37.8 Å². The standard InChI is InChI=1S/C12H14Cl2N4O/c1-12(13,14)10(19)8(7-15)11-17-16-9-5-3-2-4-6-18(9)11/h19H,2-6H2,1H3/b10-8+. The van der Waals surface area contributed by atoms with Crippen LogP contribution in [0.25, 0.3) is 5.57 Å². The van der Waals surface area contributed by atoms with E-state index in [1.54, 1.807) is 0 Å². The summed E-state index contributed by atoms with van der Waals surface area (Å²) in [5, 5.41) is 27.3. The molecule has 19 heavy (non-hydrogen) atoms. The molecule has 0 saturated heterocycles. The SMILES string of the molecule is CC(Cl)(Cl)/C(O)=C(/C#N)c1nnc2n1CCCCC2. The minimum Gasteiger partial charge on any atom is -0.508 e. The molecular formula is C12H14Cl2N4O. The van der Waals surface area contributed by atoms with E-state index in [1.807, 2.05) is 10.6 Å². The van der Waals surface area contributed by atoms with Crippen molar-refractivity contribution in [2.45, 2.75) is 43.5 Å². The molecule has 1 aliphatic rings. The number of fused-ring (bicyclic) bond motifs is 1. The topological polar surface area (TPSA) is 74.7 Å². The highest BCUT2D eigenvalue weighted by Gasteiger charge is 2.30. The number of nitrogens with zero attached hydrogens (tertiary/aromatic N) is 4. The molecule has 0 radical (unpaired) electrons. The Bertz CT molecular complexity index is 551. The Labute approximate surface area is 121 Å². The van der Waals surface area contributed by atoms with Gasteiger partial charge in [-0.15, -0.1) is 10.2 Å². The Morgan fingerprint density at radius 2 is 2.11 bits per heavy atom. The molecule has 0 saturated carbocycles. The third-order valence-electron chi connectivity index (χ3n) is 3.10. The molecule has 0 atom stereocenters.